The Morgan fingerprint density at radius 1 is 1.00 bits per heavy atom. The Morgan fingerprint density at radius 2 is 1.81 bits per heavy atom. The van der Waals surface area contributed by atoms with Crippen LogP contribution in [-0.2, 0) is 6.61 Å². The summed E-state index contributed by atoms with van der Waals surface area (Å²) < 4.78 is 12.8. The number of nitrogens with zero attached hydrogens (tertiary/aromatic N) is 2. The lowest BCUT2D eigenvalue weighted by Gasteiger charge is -2.12. The van der Waals surface area contributed by atoms with Gasteiger partial charge in [-0.25, -0.2) is 4.98 Å². The van der Waals surface area contributed by atoms with E-state index in [1.807, 2.05) is 85.1 Å². The molecule has 162 valence electrons. The Bertz CT molecular complexity index is 1180. The molecule has 0 spiro atoms. The van der Waals surface area contributed by atoms with Gasteiger partial charge in [0.2, 0.25) is 5.13 Å². The predicted molar refractivity (Wildman–Crippen MR) is 135 cm³/mol. The van der Waals surface area contributed by atoms with Crippen molar-refractivity contribution < 1.29 is 9.47 Å². The Balaban J connectivity index is 1.40. The Morgan fingerprint density at radius 3 is 2.59 bits per heavy atom. The van der Waals surface area contributed by atoms with Gasteiger partial charge in [0.15, 0.2) is 11.5 Å². The summed E-state index contributed by atoms with van der Waals surface area (Å²) in [5, 5.41) is 7.06. The highest BCUT2D eigenvalue weighted by atomic mass is 79.9. The van der Waals surface area contributed by atoms with Crippen LogP contribution in [0.2, 0.25) is 0 Å². The number of hydrazone groups is 1. The third kappa shape index (κ3) is 5.96. The molecule has 5 nitrogen and oxygen atoms in total. The fourth-order valence-corrected chi connectivity index (χ4v) is 3.90. The zero-order valence-electron chi connectivity index (χ0n) is 17.5. The average molecular weight is 508 g/mol. The van der Waals surface area contributed by atoms with Gasteiger partial charge in [-0.05, 0) is 48.4 Å². The highest BCUT2D eigenvalue weighted by Gasteiger charge is 2.07. The Labute approximate surface area is 199 Å². The van der Waals surface area contributed by atoms with Crippen LogP contribution in [0.1, 0.15) is 18.1 Å². The molecular formula is C25H22BrN3O2S. The molecule has 1 heterocycles. The van der Waals surface area contributed by atoms with E-state index in [1.54, 1.807) is 6.21 Å². The van der Waals surface area contributed by atoms with Crippen LogP contribution >= 0.6 is 27.3 Å². The first kappa shape index (κ1) is 22.0. The van der Waals surface area contributed by atoms with Gasteiger partial charge in [0, 0.05) is 15.4 Å². The number of rotatable bonds is 9. The normalized spacial score (nSPS) is 10.9. The molecule has 3 aromatic carbocycles. The van der Waals surface area contributed by atoms with Gasteiger partial charge in [-0.15, -0.1) is 11.3 Å². The third-order valence-electron chi connectivity index (χ3n) is 4.52. The summed E-state index contributed by atoms with van der Waals surface area (Å²) in [5.74, 6) is 1.40. The summed E-state index contributed by atoms with van der Waals surface area (Å²) in [4.78, 5) is 4.59. The minimum atomic E-state index is 0.487. The number of benzene rings is 3. The molecule has 1 N–H and O–H groups in total. The van der Waals surface area contributed by atoms with E-state index in [9.17, 15) is 0 Å². The van der Waals surface area contributed by atoms with E-state index in [1.165, 1.54) is 11.3 Å². The van der Waals surface area contributed by atoms with Gasteiger partial charge in [-0.1, -0.05) is 58.4 Å². The average Bonchev–Trinajstić information content (AvgIpc) is 3.29. The molecule has 4 aromatic rings. The van der Waals surface area contributed by atoms with Gasteiger partial charge in [-0.3, -0.25) is 5.43 Å². The number of anilines is 1. The lowest BCUT2D eigenvalue weighted by atomic mass is 10.2. The zero-order chi connectivity index (χ0) is 22.2. The summed E-state index contributed by atoms with van der Waals surface area (Å²) in [7, 11) is 0. The molecule has 0 saturated carbocycles. The summed E-state index contributed by atoms with van der Waals surface area (Å²) in [5.41, 5.74) is 6.99. The van der Waals surface area contributed by atoms with Gasteiger partial charge < -0.3 is 9.47 Å². The van der Waals surface area contributed by atoms with Gasteiger partial charge in [0.25, 0.3) is 0 Å². The number of nitrogens with one attached hydrogen (secondary N) is 1. The molecule has 7 heteroatoms. The molecule has 0 amide bonds. The van der Waals surface area contributed by atoms with Crippen molar-refractivity contribution in [1.82, 2.24) is 4.98 Å². The number of halogens is 1. The maximum atomic E-state index is 5.96. The summed E-state index contributed by atoms with van der Waals surface area (Å²) in [6, 6.07) is 23.9. The van der Waals surface area contributed by atoms with Crippen molar-refractivity contribution in [3.63, 3.8) is 0 Å². The van der Waals surface area contributed by atoms with Gasteiger partial charge in [0.05, 0.1) is 18.5 Å². The predicted octanol–water partition coefficient (Wildman–Crippen LogP) is 7.00. The number of ether oxygens (including phenoxy) is 2. The maximum Gasteiger partial charge on any atom is 0.203 e. The summed E-state index contributed by atoms with van der Waals surface area (Å²) in [6.07, 6.45) is 1.74. The summed E-state index contributed by atoms with van der Waals surface area (Å²) in [6.45, 7) is 2.99. The molecular weight excluding hydrogens is 486 g/mol. The monoisotopic (exact) mass is 507 g/mol. The minimum absolute atomic E-state index is 0.487. The first-order valence-corrected chi connectivity index (χ1v) is 11.8. The molecule has 0 saturated heterocycles. The van der Waals surface area contributed by atoms with Crippen molar-refractivity contribution >= 4 is 38.6 Å². The standard InChI is InChI=1S/C25H22BrN3O2S/c1-2-30-24-14-19(8-13-23(24)31-16-18-6-4-3-5-7-18)15-27-29-25-28-22(17-32-25)20-9-11-21(26)12-10-20/h3-15,17H,2,16H2,1H3,(H,28,29)/b27-15-. The van der Waals surface area contributed by atoms with Crippen molar-refractivity contribution in [2.24, 2.45) is 5.10 Å². The van der Waals surface area contributed by atoms with Gasteiger partial charge >= 0.3 is 0 Å². The largest absolute Gasteiger partial charge is 0.490 e. The minimum Gasteiger partial charge on any atom is -0.490 e. The molecule has 0 bridgehead atoms. The molecule has 0 atom stereocenters. The molecule has 0 aliphatic rings. The summed E-state index contributed by atoms with van der Waals surface area (Å²) >= 11 is 4.96. The SMILES string of the molecule is CCOc1cc(/C=N\Nc2nc(-c3ccc(Br)cc3)cs2)ccc1OCc1ccccc1. The Kier molecular flexibility index (Phi) is 7.53. The number of aromatic nitrogens is 1. The van der Waals surface area contributed by atoms with Crippen molar-refractivity contribution in [3.05, 3.63) is 93.8 Å². The molecule has 0 aliphatic carbocycles. The molecule has 4 rings (SSSR count). The quantitative estimate of drug-likeness (QED) is 0.196. The second-order valence-corrected chi connectivity index (χ2v) is 8.60. The highest BCUT2D eigenvalue weighted by molar-refractivity contribution is 9.10. The van der Waals surface area contributed by atoms with Crippen molar-refractivity contribution in [2.45, 2.75) is 13.5 Å². The van der Waals surface area contributed by atoms with E-state index in [0.29, 0.717) is 24.7 Å². The van der Waals surface area contributed by atoms with Crippen molar-refractivity contribution in [3.8, 4) is 22.8 Å². The second kappa shape index (κ2) is 10.9. The first-order chi connectivity index (χ1) is 15.7. The molecule has 0 aliphatic heterocycles. The van der Waals surface area contributed by atoms with Crippen LogP contribution in [0.4, 0.5) is 5.13 Å². The molecule has 0 fully saturated rings. The van der Waals surface area contributed by atoms with E-state index in [0.717, 1.165) is 32.0 Å². The van der Waals surface area contributed by atoms with Crippen LogP contribution in [0, 0.1) is 0 Å². The third-order valence-corrected chi connectivity index (χ3v) is 5.80. The lowest BCUT2D eigenvalue weighted by molar-refractivity contribution is 0.269. The van der Waals surface area contributed by atoms with E-state index >= 15 is 0 Å². The maximum absolute atomic E-state index is 5.96. The molecule has 32 heavy (non-hydrogen) atoms. The number of thiazole rings is 1. The van der Waals surface area contributed by atoms with E-state index in [4.69, 9.17) is 9.47 Å². The Hall–Kier alpha value is -3.16. The molecule has 1 aromatic heterocycles. The van der Waals surface area contributed by atoms with Crippen LogP contribution in [0.15, 0.2) is 87.8 Å². The highest BCUT2D eigenvalue weighted by Crippen LogP contribution is 2.29. The smallest absolute Gasteiger partial charge is 0.203 e. The molecule has 0 radical (unpaired) electrons. The van der Waals surface area contributed by atoms with Crippen LogP contribution in [0.25, 0.3) is 11.3 Å². The van der Waals surface area contributed by atoms with Crippen LogP contribution in [0.3, 0.4) is 0 Å². The number of hydrogen-bond acceptors (Lipinski definition) is 6. The van der Waals surface area contributed by atoms with Gasteiger partial charge in [-0.2, -0.15) is 5.10 Å². The fourth-order valence-electron chi connectivity index (χ4n) is 2.97. The first-order valence-electron chi connectivity index (χ1n) is 10.2. The van der Waals surface area contributed by atoms with Crippen LogP contribution < -0.4 is 14.9 Å². The molecule has 0 unspecified atom stereocenters. The van der Waals surface area contributed by atoms with Crippen molar-refractivity contribution in [2.75, 3.05) is 12.0 Å². The zero-order valence-corrected chi connectivity index (χ0v) is 19.9. The van der Waals surface area contributed by atoms with Crippen LogP contribution in [0.5, 0.6) is 11.5 Å². The second-order valence-electron chi connectivity index (χ2n) is 6.83. The van der Waals surface area contributed by atoms with E-state index < -0.39 is 0 Å². The van der Waals surface area contributed by atoms with Gasteiger partial charge in [0.1, 0.15) is 6.61 Å². The topological polar surface area (TPSA) is 55.7 Å². The van der Waals surface area contributed by atoms with Crippen LogP contribution in [-0.4, -0.2) is 17.8 Å². The fraction of sp³-hybridized carbons (Fsp3) is 0.120. The number of hydrogen-bond donors (Lipinski definition) is 1. The van der Waals surface area contributed by atoms with E-state index in [-0.39, 0.29) is 0 Å². The van der Waals surface area contributed by atoms with E-state index in [2.05, 4.69) is 31.4 Å². The van der Waals surface area contributed by atoms with Crippen molar-refractivity contribution in [1.29, 1.82) is 0 Å². The lowest BCUT2D eigenvalue weighted by Crippen LogP contribution is -2.00.